The molecule has 0 bridgehead atoms. The van der Waals surface area contributed by atoms with Crippen LogP contribution in [0, 0.1) is 19.7 Å². The van der Waals surface area contributed by atoms with Gasteiger partial charge in [-0.05, 0) is 49.6 Å². The first-order valence-corrected chi connectivity index (χ1v) is 9.52. The van der Waals surface area contributed by atoms with Gasteiger partial charge in [0.05, 0.1) is 5.69 Å². The number of hydrogen-bond acceptors (Lipinski definition) is 3. The quantitative estimate of drug-likeness (QED) is 0.799. The fourth-order valence-corrected chi connectivity index (χ4v) is 3.39. The summed E-state index contributed by atoms with van der Waals surface area (Å²) in [6, 6.07) is 12.7. The van der Waals surface area contributed by atoms with Crippen LogP contribution < -0.4 is 9.64 Å². The van der Waals surface area contributed by atoms with E-state index < -0.39 is 6.10 Å². The molecule has 1 heterocycles. The van der Waals surface area contributed by atoms with Crippen molar-refractivity contribution in [3.8, 4) is 5.75 Å². The van der Waals surface area contributed by atoms with Crippen molar-refractivity contribution in [3.63, 3.8) is 0 Å². The Morgan fingerprint density at radius 3 is 2.44 bits per heavy atom. The summed E-state index contributed by atoms with van der Waals surface area (Å²) in [7, 11) is 0. The van der Waals surface area contributed by atoms with Crippen LogP contribution in [0.25, 0.3) is 0 Å². The summed E-state index contributed by atoms with van der Waals surface area (Å²) in [6.45, 7) is 8.38. The van der Waals surface area contributed by atoms with Gasteiger partial charge in [0.15, 0.2) is 6.10 Å². The van der Waals surface area contributed by atoms with Gasteiger partial charge in [0.2, 0.25) is 0 Å². The minimum Gasteiger partial charge on any atom is -0.480 e. The van der Waals surface area contributed by atoms with Crippen LogP contribution in [-0.2, 0) is 4.79 Å². The molecule has 0 spiro atoms. The molecule has 4 nitrogen and oxygen atoms in total. The van der Waals surface area contributed by atoms with Crippen LogP contribution in [0.5, 0.6) is 5.75 Å². The molecule has 0 aliphatic carbocycles. The van der Waals surface area contributed by atoms with E-state index in [4.69, 9.17) is 4.74 Å². The molecule has 2 aromatic rings. The molecule has 1 fully saturated rings. The molecule has 1 unspecified atom stereocenters. The lowest BCUT2D eigenvalue weighted by atomic mass is 10.1. The van der Waals surface area contributed by atoms with Crippen molar-refractivity contribution in [3.05, 3.63) is 59.4 Å². The minimum atomic E-state index is -0.495. The van der Waals surface area contributed by atoms with Crippen molar-refractivity contribution < 1.29 is 13.9 Å². The number of carbonyl (C=O) groups excluding carboxylic acids is 1. The predicted molar refractivity (Wildman–Crippen MR) is 106 cm³/mol. The number of aryl methyl sites for hydroxylation is 1. The normalized spacial score (nSPS) is 15.6. The van der Waals surface area contributed by atoms with Gasteiger partial charge in [-0.2, -0.15) is 0 Å². The van der Waals surface area contributed by atoms with Crippen molar-refractivity contribution in [1.82, 2.24) is 4.90 Å². The molecule has 1 atom stereocenters. The maximum absolute atomic E-state index is 14.0. The van der Waals surface area contributed by atoms with E-state index in [2.05, 4.69) is 0 Å². The highest BCUT2D eigenvalue weighted by Crippen LogP contribution is 2.24. The Hall–Kier alpha value is -2.56. The van der Waals surface area contributed by atoms with Crippen LogP contribution in [0.2, 0.25) is 0 Å². The molecule has 3 rings (SSSR count). The van der Waals surface area contributed by atoms with Gasteiger partial charge in [0.25, 0.3) is 5.91 Å². The highest BCUT2D eigenvalue weighted by atomic mass is 19.1. The van der Waals surface area contributed by atoms with Crippen molar-refractivity contribution >= 4 is 11.6 Å². The smallest absolute Gasteiger partial charge is 0.263 e. The highest BCUT2D eigenvalue weighted by Gasteiger charge is 2.28. The number of para-hydroxylation sites is 1. The average Bonchev–Trinajstić information content (AvgIpc) is 2.69. The van der Waals surface area contributed by atoms with Gasteiger partial charge in [0.1, 0.15) is 11.6 Å². The van der Waals surface area contributed by atoms with Gasteiger partial charge in [-0.1, -0.05) is 31.2 Å². The second-order valence-electron chi connectivity index (χ2n) is 6.98. The van der Waals surface area contributed by atoms with E-state index >= 15 is 0 Å². The van der Waals surface area contributed by atoms with Crippen LogP contribution in [0.4, 0.5) is 10.1 Å². The largest absolute Gasteiger partial charge is 0.480 e. The lowest BCUT2D eigenvalue weighted by Crippen LogP contribution is -2.52. The summed E-state index contributed by atoms with van der Waals surface area (Å²) in [5.74, 6) is 0.550. The van der Waals surface area contributed by atoms with E-state index in [1.165, 1.54) is 6.07 Å². The Labute approximate surface area is 160 Å². The number of hydrogen-bond donors (Lipinski definition) is 0. The summed E-state index contributed by atoms with van der Waals surface area (Å²) in [6.07, 6.45) is 0.116. The number of piperazine rings is 1. The van der Waals surface area contributed by atoms with E-state index in [1.807, 2.05) is 54.8 Å². The van der Waals surface area contributed by atoms with Gasteiger partial charge >= 0.3 is 0 Å². The number of anilines is 1. The number of halogens is 1. The zero-order chi connectivity index (χ0) is 19.4. The summed E-state index contributed by atoms with van der Waals surface area (Å²) >= 11 is 0. The van der Waals surface area contributed by atoms with Gasteiger partial charge < -0.3 is 14.5 Å². The van der Waals surface area contributed by atoms with Gasteiger partial charge in [-0.15, -0.1) is 0 Å². The third-order valence-corrected chi connectivity index (χ3v) is 5.25. The van der Waals surface area contributed by atoms with E-state index in [1.54, 1.807) is 12.1 Å². The molecule has 1 aliphatic rings. The van der Waals surface area contributed by atoms with E-state index in [9.17, 15) is 9.18 Å². The minimum absolute atomic E-state index is 0.00610. The topological polar surface area (TPSA) is 32.8 Å². The highest BCUT2D eigenvalue weighted by molar-refractivity contribution is 5.81. The van der Waals surface area contributed by atoms with Crippen LogP contribution in [0.3, 0.4) is 0 Å². The molecule has 0 aromatic heterocycles. The third-order valence-electron chi connectivity index (χ3n) is 5.25. The van der Waals surface area contributed by atoms with Crippen LogP contribution in [-0.4, -0.2) is 43.1 Å². The number of carbonyl (C=O) groups is 1. The summed E-state index contributed by atoms with van der Waals surface area (Å²) in [5.41, 5.74) is 2.81. The van der Waals surface area contributed by atoms with Crippen LogP contribution >= 0.6 is 0 Å². The van der Waals surface area contributed by atoms with Crippen molar-refractivity contribution in [2.24, 2.45) is 0 Å². The molecule has 144 valence electrons. The number of rotatable bonds is 5. The molecule has 27 heavy (non-hydrogen) atoms. The van der Waals surface area contributed by atoms with Crippen LogP contribution in [0.15, 0.2) is 42.5 Å². The Kier molecular flexibility index (Phi) is 5.99. The molecule has 1 amide bonds. The fourth-order valence-electron chi connectivity index (χ4n) is 3.39. The first-order valence-electron chi connectivity index (χ1n) is 9.52. The summed E-state index contributed by atoms with van der Waals surface area (Å²) in [5, 5.41) is 0. The Morgan fingerprint density at radius 1 is 1.07 bits per heavy atom. The second kappa shape index (κ2) is 8.42. The second-order valence-corrected chi connectivity index (χ2v) is 6.98. The Morgan fingerprint density at radius 2 is 1.78 bits per heavy atom. The molecule has 1 saturated heterocycles. The van der Waals surface area contributed by atoms with E-state index in [-0.39, 0.29) is 11.7 Å². The first kappa shape index (κ1) is 19.2. The molecule has 0 saturated carbocycles. The van der Waals surface area contributed by atoms with E-state index in [0.29, 0.717) is 38.3 Å². The van der Waals surface area contributed by atoms with Gasteiger partial charge in [0, 0.05) is 26.2 Å². The number of amides is 1. The molecule has 5 heteroatoms. The third kappa shape index (κ3) is 4.24. The number of ether oxygens (including phenoxy) is 1. The predicted octanol–water partition coefficient (Wildman–Crippen LogP) is 3.95. The average molecular weight is 370 g/mol. The zero-order valence-corrected chi connectivity index (χ0v) is 16.2. The van der Waals surface area contributed by atoms with Gasteiger partial charge in [-0.3, -0.25) is 4.79 Å². The Bertz CT molecular complexity index is 801. The molecule has 0 radical (unpaired) electrons. The van der Waals surface area contributed by atoms with Crippen molar-refractivity contribution in [2.45, 2.75) is 33.3 Å². The zero-order valence-electron chi connectivity index (χ0n) is 16.2. The maximum atomic E-state index is 14.0. The lowest BCUT2D eigenvalue weighted by molar-refractivity contribution is -0.139. The summed E-state index contributed by atoms with van der Waals surface area (Å²) in [4.78, 5) is 16.8. The SMILES string of the molecule is CCC(Oc1cccc(C)c1C)C(=O)N1CCN(c2ccccc2F)CC1. The van der Waals surface area contributed by atoms with Gasteiger partial charge in [-0.25, -0.2) is 4.39 Å². The maximum Gasteiger partial charge on any atom is 0.263 e. The number of benzene rings is 2. The molecule has 0 N–H and O–H groups in total. The van der Waals surface area contributed by atoms with Crippen molar-refractivity contribution in [2.75, 3.05) is 31.1 Å². The monoisotopic (exact) mass is 370 g/mol. The summed E-state index contributed by atoms with van der Waals surface area (Å²) < 4.78 is 20.0. The molecular weight excluding hydrogens is 343 g/mol. The lowest BCUT2D eigenvalue weighted by Gasteiger charge is -2.37. The Balaban J connectivity index is 1.63. The molecular formula is C22H27FN2O2. The van der Waals surface area contributed by atoms with Crippen LogP contribution in [0.1, 0.15) is 24.5 Å². The fraction of sp³-hybridized carbons (Fsp3) is 0.409. The first-order chi connectivity index (χ1) is 13.0. The standard InChI is InChI=1S/C22H27FN2O2/c1-4-20(27-21-11-7-8-16(2)17(21)3)22(26)25-14-12-24(13-15-25)19-10-6-5-9-18(19)23/h5-11,20H,4,12-15H2,1-3H3. The molecule has 2 aromatic carbocycles. The number of nitrogens with zero attached hydrogens (tertiary/aromatic N) is 2. The van der Waals surface area contributed by atoms with Crippen molar-refractivity contribution in [1.29, 1.82) is 0 Å². The molecule has 1 aliphatic heterocycles. The van der Waals surface area contributed by atoms with E-state index in [0.717, 1.165) is 16.9 Å².